The van der Waals surface area contributed by atoms with Crippen molar-refractivity contribution >= 4 is 21.7 Å². The average Bonchev–Trinajstić information content (AvgIpc) is 2.68. The van der Waals surface area contributed by atoms with Crippen molar-refractivity contribution in [2.45, 2.75) is 38.4 Å². The minimum Gasteiger partial charge on any atom is -0.298 e. The Morgan fingerprint density at radius 2 is 2.06 bits per heavy atom. The van der Waals surface area contributed by atoms with Crippen LogP contribution in [0, 0.1) is 0 Å². The standard InChI is InChI=1S/C11H16N2O4S/c1-7(2)13-10(14)5-9(11(13)15)12-8-3-4-18(16,17)6-8/h3-4,7-9,12H,5-6H2,1-2H3. The third-order valence-corrected chi connectivity index (χ3v) is 4.44. The fourth-order valence-electron chi connectivity index (χ4n) is 2.26. The molecule has 0 aromatic carbocycles. The van der Waals surface area contributed by atoms with Gasteiger partial charge in [-0.15, -0.1) is 0 Å². The van der Waals surface area contributed by atoms with E-state index in [9.17, 15) is 18.0 Å². The normalized spacial score (nSPS) is 30.7. The van der Waals surface area contributed by atoms with Crippen molar-refractivity contribution in [3.63, 3.8) is 0 Å². The lowest BCUT2D eigenvalue weighted by Crippen LogP contribution is -2.45. The highest BCUT2D eigenvalue weighted by Crippen LogP contribution is 2.18. The second-order valence-corrected chi connectivity index (χ2v) is 6.81. The molecule has 2 heterocycles. The van der Waals surface area contributed by atoms with Gasteiger partial charge in [-0.3, -0.25) is 19.8 Å². The average molecular weight is 272 g/mol. The molecular weight excluding hydrogens is 256 g/mol. The van der Waals surface area contributed by atoms with Crippen LogP contribution in [0.15, 0.2) is 11.5 Å². The largest absolute Gasteiger partial charge is 0.298 e. The zero-order valence-corrected chi connectivity index (χ0v) is 11.1. The fourth-order valence-corrected chi connectivity index (χ4v) is 3.51. The highest BCUT2D eigenvalue weighted by atomic mass is 32.2. The van der Waals surface area contributed by atoms with Crippen LogP contribution in [-0.4, -0.2) is 49.0 Å². The number of hydrogen-bond donors (Lipinski definition) is 1. The summed E-state index contributed by atoms with van der Waals surface area (Å²) >= 11 is 0. The number of nitrogens with zero attached hydrogens (tertiary/aromatic N) is 1. The summed E-state index contributed by atoms with van der Waals surface area (Å²) in [6.07, 6.45) is 1.62. The Labute approximate surface area is 106 Å². The maximum Gasteiger partial charge on any atom is 0.247 e. The molecule has 0 aromatic rings. The van der Waals surface area contributed by atoms with Gasteiger partial charge in [-0.25, -0.2) is 8.42 Å². The highest BCUT2D eigenvalue weighted by molar-refractivity contribution is 7.94. The summed E-state index contributed by atoms with van der Waals surface area (Å²) in [7, 11) is -3.15. The summed E-state index contributed by atoms with van der Waals surface area (Å²) in [6.45, 7) is 3.55. The Morgan fingerprint density at radius 3 is 2.50 bits per heavy atom. The van der Waals surface area contributed by atoms with Crippen molar-refractivity contribution < 1.29 is 18.0 Å². The molecule has 7 heteroatoms. The number of carbonyl (C=O) groups excluding carboxylic acids is 2. The molecule has 1 saturated heterocycles. The van der Waals surface area contributed by atoms with Crippen LogP contribution in [0.25, 0.3) is 0 Å². The van der Waals surface area contributed by atoms with Gasteiger partial charge >= 0.3 is 0 Å². The molecule has 2 unspecified atom stereocenters. The second-order valence-electron chi connectivity index (χ2n) is 4.88. The number of nitrogens with one attached hydrogen (secondary N) is 1. The third-order valence-electron chi connectivity index (χ3n) is 3.04. The maximum atomic E-state index is 12.0. The van der Waals surface area contributed by atoms with Crippen LogP contribution < -0.4 is 5.32 Å². The Balaban J connectivity index is 2.03. The molecule has 2 atom stereocenters. The number of imide groups is 1. The van der Waals surface area contributed by atoms with Crippen molar-refractivity contribution in [1.29, 1.82) is 0 Å². The Bertz CT molecular complexity index is 509. The van der Waals surface area contributed by atoms with Crippen molar-refractivity contribution in [2.75, 3.05) is 5.75 Å². The van der Waals surface area contributed by atoms with E-state index in [1.807, 2.05) is 0 Å². The first-order chi connectivity index (χ1) is 8.30. The SMILES string of the molecule is CC(C)N1C(=O)CC(NC2C=CS(=O)(=O)C2)C1=O. The molecule has 0 aromatic heterocycles. The van der Waals surface area contributed by atoms with Crippen LogP contribution in [0.5, 0.6) is 0 Å². The summed E-state index contributed by atoms with van der Waals surface area (Å²) in [4.78, 5) is 24.9. The molecule has 100 valence electrons. The van der Waals surface area contributed by atoms with Gasteiger partial charge < -0.3 is 0 Å². The molecule has 2 aliphatic heterocycles. The van der Waals surface area contributed by atoms with Gasteiger partial charge in [0, 0.05) is 17.5 Å². The van der Waals surface area contributed by atoms with Crippen molar-refractivity contribution in [1.82, 2.24) is 10.2 Å². The number of rotatable bonds is 3. The van der Waals surface area contributed by atoms with Gasteiger partial charge in [-0.05, 0) is 13.8 Å². The maximum absolute atomic E-state index is 12.0. The van der Waals surface area contributed by atoms with Crippen LogP contribution in [0.3, 0.4) is 0 Å². The van der Waals surface area contributed by atoms with Gasteiger partial charge in [-0.2, -0.15) is 0 Å². The lowest BCUT2D eigenvalue weighted by atomic mass is 10.2. The molecule has 0 aliphatic carbocycles. The van der Waals surface area contributed by atoms with E-state index in [1.54, 1.807) is 13.8 Å². The zero-order chi connectivity index (χ0) is 13.5. The summed E-state index contributed by atoms with van der Waals surface area (Å²) < 4.78 is 22.5. The van der Waals surface area contributed by atoms with Gasteiger partial charge in [-0.1, -0.05) is 6.08 Å². The molecule has 2 amide bonds. The smallest absolute Gasteiger partial charge is 0.247 e. The monoisotopic (exact) mass is 272 g/mol. The molecule has 0 spiro atoms. The van der Waals surface area contributed by atoms with E-state index >= 15 is 0 Å². The summed E-state index contributed by atoms with van der Waals surface area (Å²) in [5.41, 5.74) is 0. The Kier molecular flexibility index (Phi) is 3.29. The van der Waals surface area contributed by atoms with Crippen LogP contribution >= 0.6 is 0 Å². The van der Waals surface area contributed by atoms with Crippen LogP contribution in [0.4, 0.5) is 0 Å². The molecule has 0 saturated carbocycles. The van der Waals surface area contributed by atoms with Gasteiger partial charge in [0.15, 0.2) is 9.84 Å². The van der Waals surface area contributed by atoms with Gasteiger partial charge in [0.25, 0.3) is 0 Å². The first kappa shape index (κ1) is 13.2. The topological polar surface area (TPSA) is 83.6 Å². The minimum atomic E-state index is -3.15. The quantitative estimate of drug-likeness (QED) is 0.695. The Morgan fingerprint density at radius 1 is 1.39 bits per heavy atom. The van der Waals surface area contributed by atoms with E-state index in [0.29, 0.717) is 0 Å². The summed E-state index contributed by atoms with van der Waals surface area (Å²) in [6, 6.07) is -1.16. The molecule has 18 heavy (non-hydrogen) atoms. The molecule has 0 bridgehead atoms. The van der Waals surface area contributed by atoms with E-state index in [0.717, 1.165) is 5.41 Å². The van der Waals surface area contributed by atoms with Crippen LogP contribution in [0.2, 0.25) is 0 Å². The molecule has 0 radical (unpaired) electrons. The number of sulfone groups is 1. The molecule has 1 fully saturated rings. The van der Waals surface area contributed by atoms with Crippen molar-refractivity contribution in [3.8, 4) is 0 Å². The molecule has 6 nitrogen and oxygen atoms in total. The lowest BCUT2D eigenvalue weighted by Gasteiger charge is -2.20. The van der Waals surface area contributed by atoms with Gasteiger partial charge in [0.05, 0.1) is 18.2 Å². The molecule has 2 rings (SSSR count). The molecular formula is C11H16N2O4S. The van der Waals surface area contributed by atoms with Crippen molar-refractivity contribution in [3.05, 3.63) is 11.5 Å². The summed E-state index contributed by atoms with van der Waals surface area (Å²) in [5, 5.41) is 4.07. The van der Waals surface area contributed by atoms with E-state index in [2.05, 4.69) is 5.32 Å². The van der Waals surface area contributed by atoms with Crippen LogP contribution in [0.1, 0.15) is 20.3 Å². The van der Waals surface area contributed by atoms with E-state index in [-0.39, 0.29) is 36.1 Å². The predicted molar refractivity (Wildman–Crippen MR) is 65.2 cm³/mol. The van der Waals surface area contributed by atoms with E-state index < -0.39 is 15.9 Å². The first-order valence-corrected chi connectivity index (χ1v) is 7.54. The van der Waals surface area contributed by atoms with E-state index in [4.69, 9.17) is 0 Å². The lowest BCUT2D eigenvalue weighted by molar-refractivity contribution is -0.140. The number of carbonyl (C=O) groups is 2. The number of hydrogen-bond acceptors (Lipinski definition) is 5. The minimum absolute atomic E-state index is 0.0490. The van der Waals surface area contributed by atoms with Gasteiger partial charge in [0.1, 0.15) is 0 Å². The number of amides is 2. The fraction of sp³-hybridized carbons (Fsp3) is 0.636. The number of likely N-dealkylation sites (tertiary alicyclic amines) is 1. The van der Waals surface area contributed by atoms with Crippen molar-refractivity contribution in [2.24, 2.45) is 0 Å². The molecule has 1 N–H and O–H groups in total. The highest BCUT2D eigenvalue weighted by Gasteiger charge is 2.41. The zero-order valence-electron chi connectivity index (χ0n) is 10.3. The van der Waals surface area contributed by atoms with Gasteiger partial charge in [0.2, 0.25) is 11.8 Å². The molecule has 2 aliphatic rings. The first-order valence-electron chi connectivity index (χ1n) is 5.83. The predicted octanol–water partition coefficient (Wildman–Crippen LogP) is -0.577. The Hall–Kier alpha value is -1.21. The second kappa shape index (κ2) is 4.47. The van der Waals surface area contributed by atoms with E-state index in [1.165, 1.54) is 11.0 Å². The summed E-state index contributed by atoms with van der Waals surface area (Å²) in [5.74, 6) is -0.530. The van der Waals surface area contributed by atoms with Crippen LogP contribution in [-0.2, 0) is 19.4 Å². The third kappa shape index (κ3) is 2.46.